The zero-order valence-electron chi connectivity index (χ0n) is 17.4. The lowest BCUT2D eigenvalue weighted by Crippen LogP contribution is -2.46. The van der Waals surface area contributed by atoms with Gasteiger partial charge in [0.05, 0.1) is 5.52 Å². The molecular weight excluding hydrogens is 477 g/mol. The summed E-state index contributed by atoms with van der Waals surface area (Å²) in [7, 11) is 1.71. The molecule has 1 aliphatic rings. The molecule has 0 aliphatic carbocycles. The third-order valence-electron chi connectivity index (χ3n) is 5.36. The van der Waals surface area contributed by atoms with E-state index in [2.05, 4.69) is 51.7 Å². The van der Waals surface area contributed by atoms with Crippen LogP contribution < -0.4 is 10.6 Å². The Morgan fingerprint density at radius 1 is 1.24 bits per heavy atom. The normalized spacial score (nSPS) is 15.1. The molecule has 0 radical (unpaired) electrons. The molecule has 0 spiro atoms. The minimum absolute atomic E-state index is 0. The van der Waals surface area contributed by atoms with Crippen molar-refractivity contribution in [1.82, 2.24) is 20.5 Å². The maximum absolute atomic E-state index is 11.6. The van der Waals surface area contributed by atoms with Crippen LogP contribution in [0.4, 0.5) is 0 Å². The first-order valence-electron chi connectivity index (χ1n) is 10.3. The monoisotopic (exact) mass is 509 g/mol. The van der Waals surface area contributed by atoms with Gasteiger partial charge in [0, 0.05) is 51.2 Å². The first-order chi connectivity index (χ1) is 13.7. The molecule has 1 aliphatic heterocycles. The Morgan fingerprint density at radius 3 is 2.72 bits per heavy atom. The number of nitrogens with one attached hydrogen (secondary N) is 2. The van der Waals surface area contributed by atoms with Gasteiger partial charge in [-0.1, -0.05) is 24.3 Å². The Kier molecular flexibility index (Phi) is 9.63. The van der Waals surface area contributed by atoms with Crippen LogP contribution in [0.5, 0.6) is 0 Å². The molecule has 1 amide bonds. The number of fused-ring (bicyclic) bond motifs is 1. The fraction of sp³-hybridized carbons (Fsp3) is 0.500. The van der Waals surface area contributed by atoms with Crippen molar-refractivity contribution in [3.8, 4) is 0 Å². The van der Waals surface area contributed by atoms with Gasteiger partial charge in [0.15, 0.2) is 5.96 Å². The summed E-state index contributed by atoms with van der Waals surface area (Å²) in [6, 6.07) is 10.4. The largest absolute Gasteiger partial charge is 0.359 e. The van der Waals surface area contributed by atoms with Gasteiger partial charge in [0.2, 0.25) is 5.91 Å². The number of aromatic nitrogens is 1. The third-order valence-corrected chi connectivity index (χ3v) is 5.36. The number of hydrogen-bond donors (Lipinski definition) is 2. The van der Waals surface area contributed by atoms with Gasteiger partial charge in [-0.3, -0.25) is 14.8 Å². The zero-order valence-corrected chi connectivity index (χ0v) is 19.7. The number of carbonyl (C=O) groups is 1. The van der Waals surface area contributed by atoms with E-state index in [-0.39, 0.29) is 29.9 Å². The molecule has 1 aromatic heterocycles. The summed E-state index contributed by atoms with van der Waals surface area (Å²) < 4.78 is 0. The molecule has 158 valence electrons. The number of nitrogens with zero attached hydrogens (tertiary/aromatic N) is 3. The number of rotatable bonds is 6. The van der Waals surface area contributed by atoms with Crippen molar-refractivity contribution < 1.29 is 4.79 Å². The smallest absolute Gasteiger partial charge is 0.220 e. The maximum atomic E-state index is 11.6. The van der Waals surface area contributed by atoms with Gasteiger partial charge in [-0.05, 0) is 43.7 Å². The molecule has 0 saturated carbocycles. The van der Waals surface area contributed by atoms with Crippen molar-refractivity contribution in [3.05, 3.63) is 42.1 Å². The van der Waals surface area contributed by atoms with E-state index in [9.17, 15) is 4.79 Å². The Balaban J connectivity index is 0.00000300. The maximum Gasteiger partial charge on any atom is 0.220 e. The lowest BCUT2D eigenvalue weighted by molar-refractivity contribution is -0.121. The highest BCUT2D eigenvalue weighted by Crippen LogP contribution is 2.21. The van der Waals surface area contributed by atoms with E-state index in [4.69, 9.17) is 4.99 Å². The number of hydrogen-bond acceptors (Lipinski definition) is 3. The molecule has 7 heteroatoms. The highest BCUT2D eigenvalue weighted by molar-refractivity contribution is 14.0. The Hall–Kier alpha value is -1.90. The number of benzene rings is 1. The van der Waals surface area contributed by atoms with Crippen LogP contribution in [-0.2, 0) is 11.2 Å². The first kappa shape index (κ1) is 23.4. The second kappa shape index (κ2) is 11.9. The van der Waals surface area contributed by atoms with Crippen LogP contribution in [0.15, 0.2) is 41.5 Å². The molecule has 1 saturated heterocycles. The van der Waals surface area contributed by atoms with Crippen LogP contribution in [0.25, 0.3) is 10.9 Å². The van der Waals surface area contributed by atoms with Crippen molar-refractivity contribution in [3.63, 3.8) is 0 Å². The number of para-hydroxylation sites is 1. The van der Waals surface area contributed by atoms with Gasteiger partial charge in [0.25, 0.3) is 0 Å². The standard InChI is InChI=1S/C22H31N5O.HI/c1-3-24-22(27-14-10-17(11-15-27)16-20(28)23-2)26-13-9-19-7-4-6-18-8-5-12-25-21(18)19;/h4-8,12,17H,3,9-11,13-16H2,1-2H3,(H,23,28)(H,24,26);1H. The van der Waals surface area contributed by atoms with Crippen molar-refractivity contribution in [2.45, 2.75) is 32.6 Å². The van der Waals surface area contributed by atoms with Gasteiger partial charge < -0.3 is 15.5 Å². The quantitative estimate of drug-likeness (QED) is 0.357. The molecule has 0 atom stereocenters. The molecule has 0 unspecified atom stereocenters. The van der Waals surface area contributed by atoms with Crippen molar-refractivity contribution >= 4 is 46.7 Å². The molecule has 2 heterocycles. The number of likely N-dealkylation sites (tertiary alicyclic amines) is 1. The summed E-state index contributed by atoms with van der Waals surface area (Å²) in [6.07, 6.45) is 5.42. The summed E-state index contributed by atoms with van der Waals surface area (Å²) >= 11 is 0. The van der Waals surface area contributed by atoms with Gasteiger partial charge in [0.1, 0.15) is 0 Å². The molecular formula is C22H32IN5O. The average Bonchev–Trinajstić information content (AvgIpc) is 2.74. The van der Waals surface area contributed by atoms with Gasteiger partial charge in [-0.25, -0.2) is 0 Å². The van der Waals surface area contributed by atoms with E-state index < -0.39 is 0 Å². The van der Waals surface area contributed by atoms with Crippen molar-refractivity contribution in [2.24, 2.45) is 10.9 Å². The fourth-order valence-corrected chi connectivity index (χ4v) is 3.79. The molecule has 6 nitrogen and oxygen atoms in total. The second-order valence-electron chi connectivity index (χ2n) is 7.29. The van der Waals surface area contributed by atoms with Crippen LogP contribution in [0, 0.1) is 5.92 Å². The molecule has 1 aromatic carbocycles. The Bertz CT molecular complexity index is 812. The Labute approximate surface area is 190 Å². The highest BCUT2D eigenvalue weighted by atomic mass is 127. The predicted molar refractivity (Wildman–Crippen MR) is 130 cm³/mol. The summed E-state index contributed by atoms with van der Waals surface area (Å²) in [5, 5.41) is 7.33. The van der Waals surface area contributed by atoms with Crippen LogP contribution in [-0.4, -0.2) is 55.0 Å². The van der Waals surface area contributed by atoms with E-state index >= 15 is 0 Å². The van der Waals surface area contributed by atoms with E-state index in [0.29, 0.717) is 12.3 Å². The number of guanidine groups is 1. The molecule has 2 aromatic rings. The first-order valence-corrected chi connectivity index (χ1v) is 10.3. The lowest BCUT2D eigenvalue weighted by atomic mass is 9.93. The van der Waals surface area contributed by atoms with E-state index in [1.807, 2.05) is 12.3 Å². The lowest BCUT2D eigenvalue weighted by Gasteiger charge is -2.34. The fourth-order valence-electron chi connectivity index (χ4n) is 3.79. The van der Waals surface area contributed by atoms with Crippen LogP contribution >= 0.6 is 24.0 Å². The number of carbonyl (C=O) groups excluding carboxylic acids is 1. The van der Waals surface area contributed by atoms with Crippen molar-refractivity contribution in [2.75, 3.05) is 33.2 Å². The van der Waals surface area contributed by atoms with Crippen LogP contribution in [0.2, 0.25) is 0 Å². The number of halogens is 1. The van der Waals surface area contributed by atoms with Crippen molar-refractivity contribution in [1.29, 1.82) is 0 Å². The minimum atomic E-state index is 0. The van der Waals surface area contributed by atoms with E-state index in [0.717, 1.165) is 56.9 Å². The average molecular weight is 509 g/mol. The second-order valence-corrected chi connectivity index (χ2v) is 7.29. The molecule has 29 heavy (non-hydrogen) atoms. The number of aliphatic imine (C=N–C) groups is 1. The SMILES string of the molecule is CCNC(=NCCc1cccc2cccnc12)N1CCC(CC(=O)NC)CC1.I. The molecule has 2 N–H and O–H groups in total. The van der Waals surface area contributed by atoms with E-state index in [1.54, 1.807) is 7.05 Å². The van der Waals surface area contributed by atoms with Crippen LogP contribution in [0.1, 0.15) is 31.7 Å². The molecule has 1 fully saturated rings. The number of pyridine rings is 1. The topological polar surface area (TPSA) is 69.6 Å². The summed E-state index contributed by atoms with van der Waals surface area (Å²) in [5.41, 5.74) is 2.31. The van der Waals surface area contributed by atoms with E-state index in [1.165, 1.54) is 10.9 Å². The molecule has 3 rings (SSSR count). The third kappa shape index (κ3) is 6.55. The Morgan fingerprint density at radius 2 is 2.00 bits per heavy atom. The van der Waals surface area contributed by atoms with Gasteiger partial charge >= 0.3 is 0 Å². The van der Waals surface area contributed by atoms with Gasteiger partial charge in [-0.2, -0.15) is 0 Å². The summed E-state index contributed by atoms with van der Waals surface area (Å²) in [4.78, 5) is 23.3. The van der Waals surface area contributed by atoms with Gasteiger partial charge in [-0.15, -0.1) is 24.0 Å². The summed E-state index contributed by atoms with van der Waals surface area (Å²) in [6.45, 7) is 5.58. The summed E-state index contributed by atoms with van der Waals surface area (Å²) in [5.74, 6) is 1.60. The predicted octanol–water partition coefficient (Wildman–Crippen LogP) is 3.21. The van der Waals surface area contributed by atoms with Crippen LogP contribution in [0.3, 0.4) is 0 Å². The number of piperidine rings is 1. The zero-order chi connectivity index (χ0) is 19.8. The number of amides is 1. The highest BCUT2D eigenvalue weighted by Gasteiger charge is 2.23. The minimum Gasteiger partial charge on any atom is -0.359 e. The molecule has 0 bridgehead atoms.